The van der Waals surface area contributed by atoms with Crippen molar-refractivity contribution in [3.8, 4) is 0 Å². The molecule has 1 aromatic carbocycles. The first-order chi connectivity index (χ1) is 8.61. The van der Waals surface area contributed by atoms with E-state index in [1.807, 2.05) is 19.2 Å². The lowest BCUT2D eigenvalue weighted by molar-refractivity contribution is 0.0689. The monoisotopic (exact) mass is 281 g/mol. The van der Waals surface area contributed by atoms with E-state index in [1.54, 1.807) is 18.4 Å². The molecule has 0 unspecified atom stereocenters. The Morgan fingerprint density at radius 1 is 1.39 bits per heavy atom. The summed E-state index contributed by atoms with van der Waals surface area (Å²) >= 11 is 2.63. The van der Waals surface area contributed by atoms with Gasteiger partial charge in [-0.15, -0.1) is 11.8 Å². The molecule has 1 aromatic heterocycles. The summed E-state index contributed by atoms with van der Waals surface area (Å²) < 4.78 is 5.23. The fourth-order valence-electron chi connectivity index (χ4n) is 1.45. The molecule has 94 valence electrons. The van der Waals surface area contributed by atoms with E-state index < -0.39 is 5.97 Å². The molecule has 2 rings (SSSR count). The number of aryl methyl sites for hydroxylation is 1. The minimum absolute atomic E-state index is 0.297. The molecule has 4 nitrogen and oxygen atoms in total. The Bertz CT molecular complexity index is 580. The number of rotatable bonds is 4. The van der Waals surface area contributed by atoms with Crippen molar-refractivity contribution in [1.29, 1.82) is 0 Å². The second-order valence-corrected chi connectivity index (χ2v) is 5.34. The van der Waals surface area contributed by atoms with Gasteiger partial charge in [-0.25, -0.2) is 9.78 Å². The lowest BCUT2D eigenvalue weighted by Crippen LogP contribution is -2.01. The number of carboxylic acid groups (broad SMARTS) is 1. The SMILES string of the molecule is CSc1cccc(Sc2nc(C)co2)c1C(=O)O. The Labute approximate surface area is 113 Å². The molecule has 0 saturated heterocycles. The van der Waals surface area contributed by atoms with Crippen LogP contribution in [-0.2, 0) is 0 Å². The van der Waals surface area contributed by atoms with Crippen LogP contribution in [0.1, 0.15) is 16.1 Å². The first kappa shape index (κ1) is 13.0. The maximum Gasteiger partial charge on any atom is 0.337 e. The summed E-state index contributed by atoms with van der Waals surface area (Å²) in [7, 11) is 0. The van der Waals surface area contributed by atoms with Gasteiger partial charge in [0.05, 0.1) is 11.3 Å². The molecule has 1 N–H and O–H groups in total. The number of hydrogen-bond acceptors (Lipinski definition) is 5. The van der Waals surface area contributed by atoms with Crippen molar-refractivity contribution in [2.75, 3.05) is 6.26 Å². The van der Waals surface area contributed by atoms with Gasteiger partial charge < -0.3 is 9.52 Å². The third-order valence-electron chi connectivity index (χ3n) is 2.22. The quantitative estimate of drug-likeness (QED) is 0.865. The van der Waals surface area contributed by atoms with Crippen LogP contribution in [0, 0.1) is 6.92 Å². The Morgan fingerprint density at radius 3 is 2.67 bits per heavy atom. The van der Waals surface area contributed by atoms with Gasteiger partial charge in [0.2, 0.25) is 0 Å². The molecule has 0 radical (unpaired) electrons. The molecule has 0 spiro atoms. The smallest absolute Gasteiger partial charge is 0.337 e. The van der Waals surface area contributed by atoms with Crippen LogP contribution < -0.4 is 0 Å². The van der Waals surface area contributed by atoms with Gasteiger partial charge in [-0.3, -0.25) is 0 Å². The Morgan fingerprint density at radius 2 is 2.11 bits per heavy atom. The third-order valence-corrected chi connectivity index (χ3v) is 3.92. The van der Waals surface area contributed by atoms with Gasteiger partial charge in [0.1, 0.15) is 6.26 Å². The predicted octanol–water partition coefficient (Wildman–Crippen LogP) is 3.55. The summed E-state index contributed by atoms with van der Waals surface area (Å²) in [6.07, 6.45) is 3.40. The molecule has 18 heavy (non-hydrogen) atoms. The van der Waals surface area contributed by atoms with E-state index in [4.69, 9.17) is 4.42 Å². The molecular formula is C12H11NO3S2. The first-order valence-electron chi connectivity index (χ1n) is 5.12. The largest absolute Gasteiger partial charge is 0.478 e. The molecule has 1 heterocycles. The summed E-state index contributed by atoms with van der Waals surface area (Å²) in [6, 6.07) is 5.38. The second kappa shape index (κ2) is 5.49. The molecule has 0 aliphatic carbocycles. The zero-order valence-corrected chi connectivity index (χ0v) is 11.5. The van der Waals surface area contributed by atoms with Crippen LogP contribution in [0.3, 0.4) is 0 Å². The average molecular weight is 281 g/mol. The molecular weight excluding hydrogens is 270 g/mol. The van der Waals surface area contributed by atoms with Crippen molar-refractivity contribution in [1.82, 2.24) is 4.98 Å². The molecule has 0 fully saturated rings. The zero-order valence-electron chi connectivity index (χ0n) is 9.84. The predicted molar refractivity (Wildman–Crippen MR) is 70.5 cm³/mol. The third kappa shape index (κ3) is 2.70. The Balaban J connectivity index is 2.41. The highest BCUT2D eigenvalue weighted by Crippen LogP contribution is 2.34. The van der Waals surface area contributed by atoms with E-state index in [2.05, 4.69) is 4.98 Å². The standard InChI is InChI=1S/C12H11NO3S2/c1-7-6-16-12(13-7)18-9-5-3-4-8(17-2)10(9)11(14)15/h3-6H,1-2H3,(H,14,15). The van der Waals surface area contributed by atoms with Crippen molar-refractivity contribution < 1.29 is 14.3 Å². The van der Waals surface area contributed by atoms with Gasteiger partial charge in [0.15, 0.2) is 0 Å². The Hall–Kier alpha value is -1.40. The lowest BCUT2D eigenvalue weighted by atomic mass is 10.2. The first-order valence-corrected chi connectivity index (χ1v) is 7.16. The maximum absolute atomic E-state index is 11.3. The maximum atomic E-state index is 11.3. The summed E-state index contributed by atoms with van der Waals surface area (Å²) in [6.45, 7) is 1.82. The molecule has 0 amide bonds. The number of nitrogens with zero attached hydrogens (tertiary/aromatic N) is 1. The number of carboxylic acids is 1. The summed E-state index contributed by atoms with van der Waals surface area (Å²) in [4.78, 5) is 16.8. The average Bonchev–Trinajstić information content (AvgIpc) is 2.74. The summed E-state index contributed by atoms with van der Waals surface area (Å²) in [5.41, 5.74) is 1.07. The topological polar surface area (TPSA) is 63.3 Å². The molecule has 0 bridgehead atoms. The van der Waals surface area contributed by atoms with Crippen LogP contribution in [0.2, 0.25) is 0 Å². The van der Waals surface area contributed by atoms with E-state index in [0.29, 0.717) is 15.7 Å². The number of benzene rings is 1. The van der Waals surface area contributed by atoms with Gasteiger partial charge in [-0.1, -0.05) is 6.07 Å². The van der Waals surface area contributed by atoms with Crippen LogP contribution in [0.25, 0.3) is 0 Å². The second-order valence-electron chi connectivity index (χ2n) is 3.50. The highest BCUT2D eigenvalue weighted by Gasteiger charge is 2.17. The van der Waals surface area contributed by atoms with Gasteiger partial charge in [-0.05, 0) is 37.1 Å². The van der Waals surface area contributed by atoms with Crippen LogP contribution >= 0.6 is 23.5 Å². The van der Waals surface area contributed by atoms with E-state index in [0.717, 1.165) is 10.6 Å². The minimum Gasteiger partial charge on any atom is -0.478 e. The zero-order chi connectivity index (χ0) is 13.1. The van der Waals surface area contributed by atoms with Crippen molar-refractivity contribution in [2.24, 2.45) is 0 Å². The minimum atomic E-state index is -0.939. The highest BCUT2D eigenvalue weighted by molar-refractivity contribution is 7.99. The van der Waals surface area contributed by atoms with Crippen molar-refractivity contribution in [3.63, 3.8) is 0 Å². The van der Waals surface area contributed by atoms with Gasteiger partial charge in [0, 0.05) is 9.79 Å². The summed E-state index contributed by atoms with van der Waals surface area (Å²) in [5, 5.41) is 9.74. The number of aromatic carboxylic acids is 1. The van der Waals surface area contributed by atoms with E-state index in [-0.39, 0.29) is 0 Å². The number of thioether (sulfide) groups is 1. The van der Waals surface area contributed by atoms with Crippen molar-refractivity contribution in [2.45, 2.75) is 21.9 Å². The number of aromatic nitrogens is 1. The van der Waals surface area contributed by atoms with E-state index in [9.17, 15) is 9.90 Å². The van der Waals surface area contributed by atoms with Crippen LogP contribution in [0.15, 0.2) is 43.9 Å². The molecule has 2 aromatic rings. The molecule has 6 heteroatoms. The normalized spacial score (nSPS) is 10.6. The number of carbonyl (C=O) groups is 1. The van der Waals surface area contributed by atoms with Gasteiger partial charge in [-0.2, -0.15) is 0 Å². The van der Waals surface area contributed by atoms with Crippen LogP contribution in [0.4, 0.5) is 0 Å². The van der Waals surface area contributed by atoms with E-state index >= 15 is 0 Å². The summed E-state index contributed by atoms with van der Waals surface area (Å²) in [5.74, 6) is -0.939. The highest BCUT2D eigenvalue weighted by atomic mass is 32.2. The number of hydrogen-bond donors (Lipinski definition) is 1. The van der Waals surface area contributed by atoms with Crippen molar-refractivity contribution >= 4 is 29.5 Å². The van der Waals surface area contributed by atoms with Crippen LogP contribution in [-0.4, -0.2) is 22.3 Å². The van der Waals surface area contributed by atoms with Crippen molar-refractivity contribution in [3.05, 3.63) is 35.7 Å². The van der Waals surface area contributed by atoms with E-state index in [1.165, 1.54) is 23.5 Å². The van der Waals surface area contributed by atoms with Gasteiger partial charge in [0.25, 0.3) is 5.22 Å². The Kier molecular flexibility index (Phi) is 3.98. The molecule has 0 aliphatic heterocycles. The fourth-order valence-corrected chi connectivity index (χ4v) is 3.05. The molecule has 0 aliphatic rings. The number of oxazole rings is 1. The fraction of sp³-hybridized carbons (Fsp3) is 0.167. The molecule has 0 saturated carbocycles. The van der Waals surface area contributed by atoms with Gasteiger partial charge >= 0.3 is 5.97 Å². The van der Waals surface area contributed by atoms with Crippen LogP contribution in [0.5, 0.6) is 0 Å². The lowest BCUT2D eigenvalue weighted by Gasteiger charge is -2.07. The molecule has 0 atom stereocenters.